The van der Waals surface area contributed by atoms with E-state index in [0.717, 1.165) is 11.3 Å². The predicted molar refractivity (Wildman–Crippen MR) is 96.1 cm³/mol. The fraction of sp³-hybridized carbons (Fsp3) is 0.222. The molecule has 0 amide bonds. The summed E-state index contributed by atoms with van der Waals surface area (Å²) in [5, 5.41) is 12.3. The Balaban J connectivity index is 2.25. The molecule has 0 aliphatic carbocycles. The first-order valence-electron chi connectivity index (χ1n) is 7.30. The normalized spacial score (nSPS) is 10.0. The van der Waals surface area contributed by atoms with Crippen LogP contribution in [0.3, 0.4) is 0 Å². The Morgan fingerprint density at radius 1 is 1.22 bits per heavy atom. The second-order valence-corrected chi connectivity index (χ2v) is 5.63. The van der Waals surface area contributed by atoms with Crippen LogP contribution >= 0.6 is 12.2 Å². The quantitative estimate of drug-likeness (QED) is 0.836. The third kappa shape index (κ3) is 4.27. The predicted octanol–water partition coefficient (Wildman–Crippen LogP) is 4.56. The summed E-state index contributed by atoms with van der Waals surface area (Å²) in [5.41, 5.74) is 3.55. The molecule has 0 fully saturated rings. The van der Waals surface area contributed by atoms with Gasteiger partial charge in [-0.2, -0.15) is 5.26 Å². The molecule has 1 N–H and O–H groups in total. The molecule has 0 spiro atoms. The second-order valence-electron chi connectivity index (χ2n) is 5.24. The summed E-state index contributed by atoms with van der Waals surface area (Å²) in [6.45, 7) is 4.39. The molecular formula is C18H18FN3S. The van der Waals surface area contributed by atoms with E-state index in [1.54, 1.807) is 23.1 Å². The third-order valence-corrected chi connectivity index (χ3v) is 3.92. The average Bonchev–Trinajstić information content (AvgIpc) is 2.53. The molecule has 0 heterocycles. The number of nitriles is 1. The van der Waals surface area contributed by atoms with Crippen molar-refractivity contribution in [1.29, 1.82) is 5.26 Å². The van der Waals surface area contributed by atoms with Crippen LogP contribution in [-0.2, 0) is 0 Å². The van der Waals surface area contributed by atoms with Gasteiger partial charge in [0.05, 0.1) is 18.2 Å². The Morgan fingerprint density at radius 2 is 1.96 bits per heavy atom. The van der Waals surface area contributed by atoms with Crippen LogP contribution in [0.5, 0.6) is 0 Å². The highest BCUT2D eigenvalue weighted by Crippen LogP contribution is 2.21. The zero-order valence-corrected chi connectivity index (χ0v) is 14.0. The number of rotatable bonds is 4. The van der Waals surface area contributed by atoms with Gasteiger partial charge in [0.2, 0.25) is 0 Å². The maximum Gasteiger partial charge on any atom is 0.178 e. The van der Waals surface area contributed by atoms with E-state index in [4.69, 9.17) is 17.5 Å². The Morgan fingerprint density at radius 3 is 2.61 bits per heavy atom. The van der Waals surface area contributed by atoms with Crippen LogP contribution in [0.25, 0.3) is 0 Å². The van der Waals surface area contributed by atoms with Gasteiger partial charge in [0, 0.05) is 12.2 Å². The summed E-state index contributed by atoms with van der Waals surface area (Å²) >= 11 is 5.43. The van der Waals surface area contributed by atoms with Gasteiger partial charge < -0.3 is 10.2 Å². The molecule has 0 saturated carbocycles. The van der Waals surface area contributed by atoms with Crippen molar-refractivity contribution in [2.75, 3.05) is 16.8 Å². The minimum absolute atomic E-state index is 0.253. The lowest BCUT2D eigenvalue weighted by Gasteiger charge is -2.25. The van der Waals surface area contributed by atoms with E-state index in [2.05, 4.69) is 11.4 Å². The molecule has 0 bridgehead atoms. The molecule has 0 unspecified atom stereocenters. The first kappa shape index (κ1) is 16.9. The smallest absolute Gasteiger partial charge is 0.178 e. The number of thiocarbonyl (C=S) groups is 1. The maximum atomic E-state index is 14.1. The zero-order chi connectivity index (χ0) is 16.8. The zero-order valence-electron chi connectivity index (χ0n) is 13.1. The number of nitrogens with one attached hydrogen (secondary N) is 1. The fourth-order valence-electron chi connectivity index (χ4n) is 2.17. The second kappa shape index (κ2) is 7.70. The average molecular weight is 327 g/mol. The molecule has 5 heteroatoms. The SMILES string of the molecule is Cc1ccc(NC(=S)N(CCC#N)c2ccccc2F)cc1C. The molecule has 118 valence electrons. The Bertz CT molecular complexity index is 752. The number of hydrogen-bond donors (Lipinski definition) is 1. The van der Waals surface area contributed by atoms with E-state index in [1.807, 2.05) is 32.0 Å². The van der Waals surface area contributed by atoms with Crippen LogP contribution in [0, 0.1) is 31.0 Å². The van der Waals surface area contributed by atoms with Crippen LogP contribution in [0.1, 0.15) is 17.5 Å². The lowest BCUT2D eigenvalue weighted by Crippen LogP contribution is -2.36. The lowest BCUT2D eigenvalue weighted by atomic mass is 10.1. The minimum Gasteiger partial charge on any atom is -0.332 e. The van der Waals surface area contributed by atoms with Crippen molar-refractivity contribution in [3.63, 3.8) is 0 Å². The largest absolute Gasteiger partial charge is 0.332 e. The van der Waals surface area contributed by atoms with Crippen molar-refractivity contribution >= 4 is 28.7 Å². The van der Waals surface area contributed by atoms with Gasteiger partial charge in [0.15, 0.2) is 5.11 Å². The molecule has 23 heavy (non-hydrogen) atoms. The molecule has 3 nitrogen and oxygen atoms in total. The van der Waals surface area contributed by atoms with Gasteiger partial charge >= 0.3 is 0 Å². The number of nitrogens with zero attached hydrogens (tertiary/aromatic N) is 2. The summed E-state index contributed by atoms with van der Waals surface area (Å²) < 4.78 is 14.1. The topological polar surface area (TPSA) is 39.1 Å². The maximum absolute atomic E-state index is 14.1. The van der Waals surface area contributed by atoms with Gasteiger partial charge in [-0.1, -0.05) is 18.2 Å². The van der Waals surface area contributed by atoms with Crippen LogP contribution in [0.2, 0.25) is 0 Å². The van der Waals surface area contributed by atoms with E-state index in [9.17, 15) is 4.39 Å². The Kier molecular flexibility index (Phi) is 5.67. The number of aryl methyl sites for hydroxylation is 2. The number of para-hydroxylation sites is 1. The van der Waals surface area contributed by atoms with Crippen molar-refractivity contribution < 1.29 is 4.39 Å². The standard InChI is InChI=1S/C18H18FN3S/c1-13-8-9-15(12-14(13)2)21-18(23)22(11-5-10-20)17-7-4-3-6-16(17)19/h3-4,6-9,12H,5,11H2,1-2H3,(H,21,23). The Hall–Kier alpha value is -2.45. The van der Waals surface area contributed by atoms with Crippen molar-refractivity contribution in [3.05, 3.63) is 59.4 Å². The van der Waals surface area contributed by atoms with Crippen molar-refractivity contribution in [1.82, 2.24) is 0 Å². The summed E-state index contributed by atoms with van der Waals surface area (Å²) in [7, 11) is 0. The highest BCUT2D eigenvalue weighted by Gasteiger charge is 2.15. The summed E-state index contributed by atoms with van der Waals surface area (Å²) in [5.74, 6) is -0.366. The highest BCUT2D eigenvalue weighted by atomic mass is 32.1. The van der Waals surface area contributed by atoms with E-state index >= 15 is 0 Å². The van der Waals surface area contributed by atoms with Crippen LogP contribution < -0.4 is 10.2 Å². The van der Waals surface area contributed by atoms with Crippen molar-refractivity contribution in [2.24, 2.45) is 0 Å². The molecule has 0 aliphatic rings. The molecule has 2 aromatic rings. The van der Waals surface area contributed by atoms with E-state index in [1.165, 1.54) is 11.6 Å². The van der Waals surface area contributed by atoms with Gasteiger partial charge in [-0.25, -0.2) is 4.39 Å². The Labute approximate surface area is 141 Å². The fourth-order valence-corrected chi connectivity index (χ4v) is 2.48. The number of halogens is 1. The lowest BCUT2D eigenvalue weighted by molar-refractivity contribution is 0.626. The van der Waals surface area contributed by atoms with E-state index in [-0.39, 0.29) is 12.2 Å². The van der Waals surface area contributed by atoms with Gasteiger partial charge in [-0.3, -0.25) is 0 Å². The van der Waals surface area contributed by atoms with Gasteiger partial charge in [0.25, 0.3) is 0 Å². The van der Waals surface area contributed by atoms with Crippen LogP contribution in [0.4, 0.5) is 15.8 Å². The van der Waals surface area contributed by atoms with Gasteiger partial charge in [0.1, 0.15) is 5.82 Å². The first-order valence-corrected chi connectivity index (χ1v) is 7.71. The number of hydrogen-bond acceptors (Lipinski definition) is 2. The number of anilines is 2. The third-order valence-electron chi connectivity index (χ3n) is 3.59. The molecule has 0 radical (unpaired) electrons. The van der Waals surface area contributed by atoms with Crippen molar-refractivity contribution in [2.45, 2.75) is 20.3 Å². The molecule has 0 atom stereocenters. The molecular weight excluding hydrogens is 309 g/mol. The molecule has 2 aromatic carbocycles. The molecule has 0 aliphatic heterocycles. The number of benzene rings is 2. The van der Waals surface area contributed by atoms with E-state index in [0.29, 0.717) is 17.3 Å². The molecule has 0 aromatic heterocycles. The van der Waals surface area contributed by atoms with Gasteiger partial charge in [-0.05, 0) is 61.5 Å². The summed E-state index contributed by atoms with van der Waals surface area (Å²) in [6.07, 6.45) is 0.253. The summed E-state index contributed by atoms with van der Waals surface area (Å²) in [4.78, 5) is 1.61. The monoisotopic (exact) mass is 327 g/mol. The summed E-state index contributed by atoms with van der Waals surface area (Å²) in [6, 6.07) is 14.4. The van der Waals surface area contributed by atoms with E-state index < -0.39 is 0 Å². The van der Waals surface area contributed by atoms with Crippen LogP contribution in [-0.4, -0.2) is 11.7 Å². The minimum atomic E-state index is -0.366. The molecule has 2 rings (SSSR count). The highest BCUT2D eigenvalue weighted by molar-refractivity contribution is 7.80. The first-order chi connectivity index (χ1) is 11.0. The van der Waals surface area contributed by atoms with Gasteiger partial charge in [-0.15, -0.1) is 0 Å². The van der Waals surface area contributed by atoms with Crippen molar-refractivity contribution in [3.8, 4) is 6.07 Å². The van der Waals surface area contributed by atoms with Crippen LogP contribution in [0.15, 0.2) is 42.5 Å². The molecule has 0 saturated heterocycles.